The van der Waals surface area contributed by atoms with Gasteiger partial charge < -0.3 is 4.74 Å². The summed E-state index contributed by atoms with van der Waals surface area (Å²) in [4.78, 5) is 11.1. The summed E-state index contributed by atoms with van der Waals surface area (Å²) in [6.45, 7) is 0. The lowest BCUT2D eigenvalue weighted by atomic mass is 10.0. The average molecular weight is 247 g/mol. The van der Waals surface area contributed by atoms with E-state index in [-0.39, 0.29) is 6.07 Å². The molecule has 0 amide bonds. The van der Waals surface area contributed by atoms with Crippen molar-refractivity contribution in [2.24, 2.45) is 0 Å². The number of rotatable bonds is 1. The number of esters is 1. The van der Waals surface area contributed by atoms with E-state index in [9.17, 15) is 22.4 Å². The number of hydrogen-bond acceptors (Lipinski definition) is 3. The molecule has 0 heterocycles. The highest BCUT2D eigenvalue weighted by Gasteiger charge is 2.33. The van der Waals surface area contributed by atoms with E-state index in [0.717, 1.165) is 7.11 Å². The van der Waals surface area contributed by atoms with Crippen LogP contribution in [0.2, 0.25) is 0 Å². The predicted molar refractivity (Wildman–Crippen MR) is 47.5 cm³/mol. The van der Waals surface area contributed by atoms with E-state index in [1.54, 1.807) is 0 Å². The molecular formula is C10H5F4NO2. The number of benzene rings is 1. The quantitative estimate of drug-likeness (QED) is 0.566. The van der Waals surface area contributed by atoms with Gasteiger partial charge in [-0.2, -0.15) is 18.4 Å². The zero-order chi connectivity index (χ0) is 13.2. The molecule has 0 aliphatic rings. The van der Waals surface area contributed by atoms with Gasteiger partial charge in [0.2, 0.25) is 0 Å². The van der Waals surface area contributed by atoms with E-state index in [2.05, 4.69) is 4.74 Å². The van der Waals surface area contributed by atoms with Gasteiger partial charge in [-0.25, -0.2) is 9.18 Å². The second-order valence-corrected chi connectivity index (χ2v) is 2.98. The van der Waals surface area contributed by atoms with E-state index in [1.807, 2.05) is 0 Å². The molecule has 0 bridgehead atoms. The lowest BCUT2D eigenvalue weighted by Crippen LogP contribution is -2.12. The van der Waals surface area contributed by atoms with Gasteiger partial charge in [-0.15, -0.1) is 0 Å². The Bertz CT molecular complexity index is 502. The van der Waals surface area contributed by atoms with Crippen LogP contribution in [0.5, 0.6) is 0 Å². The van der Waals surface area contributed by atoms with Gasteiger partial charge in [0.25, 0.3) is 0 Å². The van der Waals surface area contributed by atoms with Gasteiger partial charge in [0.05, 0.1) is 18.2 Å². The Labute approximate surface area is 93.2 Å². The molecule has 0 N–H and O–H groups in total. The van der Waals surface area contributed by atoms with Gasteiger partial charge in [-0.1, -0.05) is 0 Å². The van der Waals surface area contributed by atoms with Crippen LogP contribution in [-0.4, -0.2) is 13.1 Å². The molecule has 90 valence electrons. The lowest BCUT2D eigenvalue weighted by Gasteiger charge is -2.09. The van der Waals surface area contributed by atoms with Crippen molar-refractivity contribution >= 4 is 5.97 Å². The van der Waals surface area contributed by atoms with Crippen molar-refractivity contribution in [2.75, 3.05) is 7.11 Å². The number of methoxy groups -OCH3 is 1. The van der Waals surface area contributed by atoms with Crippen LogP contribution >= 0.6 is 0 Å². The number of carbonyl (C=O) groups is 1. The standard InChI is InChI=1S/C10H5F4NO2/c1-17-9(16)8-5(4-15)2-6(3-7(8)11)10(12,13)14/h2-3H,1H3. The Morgan fingerprint density at radius 3 is 2.41 bits per heavy atom. The molecule has 1 aromatic carbocycles. The van der Waals surface area contributed by atoms with E-state index in [4.69, 9.17) is 5.26 Å². The summed E-state index contributed by atoms with van der Waals surface area (Å²) in [5.74, 6) is -2.64. The summed E-state index contributed by atoms with van der Waals surface area (Å²) < 4.78 is 54.4. The molecule has 0 radical (unpaired) electrons. The normalized spacial score (nSPS) is 10.8. The summed E-state index contributed by atoms with van der Waals surface area (Å²) in [6, 6.07) is 1.87. The fourth-order valence-corrected chi connectivity index (χ4v) is 1.17. The molecule has 17 heavy (non-hydrogen) atoms. The Balaban J connectivity index is 3.48. The first-order valence-corrected chi connectivity index (χ1v) is 4.20. The Morgan fingerprint density at radius 1 is 1.41 bits per heavy atom. The number of halogens is 4. The Kier molecular flexibility index (Phi) is 3.36. The lowest BCUT2D eigenvalue weighted by molar-refractivity contribution is -0.137. The molecule has 0 aliphatic heterocycles. The Morgan fingerprint density at radius 2 is 2.00 bits per heavy atom. The van der Waals surface area contributed by atoms with Gasteiger partial charge in [0, 0.05) is 0 Å². The highest BCUT2D eigenvalue weighted by Crippen LogP contribution is 2.31. The van der Waals surface area contributed by atoms with Crippen molar-refractivity contribution in [2.45, 2.75) is 6.18 Å². The second-order valence-electron chi connectivity index (χ2n) is 2.98. The van der Waals surface area contributed by atoms with Crippen molar-refractivity contribution in [3.8, 4) is 6.07 Å². The van der Waals surface area contributed by atoms with Gasteiger partial charge in [-0.3, -0.25) is 0 Å². The summed E-state index contributed by atoms with van der Waals surface area (Å²) >= 11 is 0. The minimum atomic E-state index is -4.79. The van der Waals surface area contributed by atoms with Crippen LogP contribution in [0, 0.1) is 17.1 Å². The summed E-state index contributed by atoms with van der Waals surface area (Å²) in [7, 11) is 0.931. The number of carbonyl (C=O) groups excluding carboxylic acids is 1. The van der Waals surface area contributed by atoms with E-state index < -0.39 is 34.7 Å². The SMILES string of the molecule is COC(=O)c1c(F)cc(C(F)(F)F)cc1C#N. The maximum Gasteiger partial charge on any atom is 0.416 e. The van der Waals surface area contributed by atoms with Crippen LogP contribution < -0.4 is 0 Å². The van der Waals surface area contributed by atoms with Crippen LogP contribution in [0.3, 0.4) is 0 Å². The average Bonchev–Trinajstić information content (AvgIpc) is 2.25. The minimum absolute atomic E-state index is 0.146. The molecule has 7 heteroatoms. The summed E-state index contributed by atoms with van der Waals surface area (Å²) in [5, 5.41) is 8.59. The van der Waals surface area contributed by atoms with Crippen molar-refractivity contribution in [3.63, 3.8) is 0 Å². The second kappa shape index (κ2) is 4.41. The van der Waals surface area contributed by atoms with Crippen LogP contribution in [0.15, 0.2) is 12.1 Å². The number of nitriles is 1. The zero-order valence-electron chi connectivity index (χ0n) is 8.43. The molecule has 1 rings (SSSR count). The van der Waals surface area contributed by atoms with E-state index >= 15 is 0 Å². The maximum absolute atomic E-state index is 13.3. The molecule has 0 fully saturated rings. The van der Waals surface area contributed by atoms with Crippen LogP contribution in [-0.2, 0) is 10.9 Å². The molecule has 0 unspecified atom stereocenters. The molecule has 0 aromatic heterocycles. The summed E-state index contributed by atoms with van der Waals surface area (Å²) in [6.07, 6.45) is -4.79. The van der Waals surface area contributed by atoms with Crippen LogP contribution in [0.25, 0.3) is 0 Å². The molecule has 0 saturated heterocycles. The molecule has 0 spiro atoms. The molecular weight excluding hydrogens is 242 g/mol. The fourth-order valence-electron chi connectivity index (χ4n) is 1.17. The molecule has 1 aromatic rings. The van der Waals surface area contributed by atoms with Crippen LogP contribution in [0.1, 0.15) is 21.5 Å². The van der Waals surface area contributed by atoms with Crippen molar-refractivity contribution in [3.05, 3.63) is 34.6 Å². The highest BCUT2D eigenvalue weighted by atomic mass is 19.4. The van der Waals surface area contributed by atoms with Crippen molar-refractivity contribution in [1.82, 2.24) is 0 Å². The number of ether oxygens (including phenoxy) is 1. The van der Waals surface area contributed by atoms with Gasteiger partial charge in [0.1, 0.15) is 17.4 Å². The maximum atomic E-state index is 13.3. The van der Waals surface area contributed by atoms with Crippen LogP contribution in [0.4, 0.5) is 17.6 Å². The third-order valence-electron chi connectivity index (χ3n) is 1.93. The summed E-state index contributed by atoms with van der Waals surface area (Å²) in [5.41, 5.74) is -2.86. The molecule has 0 atom stereocenters. The first-order chi connectivity index (χ1) is 7.81. The minimum Gasteiger partial charge on any atom is -0.465 e. The fraction of sp³-hybridized carbons (Fsp3) is 0.200. The first kappa shape index (κ1) is 13.0. The Hall–Kier alpha value is -2.10. The highest BCUT2D eigenvalue weighted by molar-refractivity contribution is 5.92. The number of alkyl halides is 3. The monoisotopic (exact) mass is 247 g/mol. The van der Waals surface area contributed by atoms with Crippen molar-refractivity contribution in [1.29, 1.82) is 5.26 Å². The van der Waals surface area contributed by atoms with Gasteiger partial charge in [0.15, 0.2) is 0 Å². The largest absolute Gasteiger partial charge is 0.465 e. The van der Waals surface area contributed by atoms with Gasteiger partial charge >= 0.3 is 12.1 Å². The smallest absolute Gasteiger partial charge is 0.416 e. The third kappa shape index (κ3) is 2.53. The topological polar surface area (TPSA) is 50.1 Å². The molecule has 3 nitrogen and oxygen atoms in total. The first-order valence-electron chi connectivity index (χ1n) is 4.20. The third-order valence-corrected chi connectivity index (χ3v) is 1.93. The number of hydrogen-bond donors (Lipinski definition) is 0. The number of nitrogens with zero attached hydrogens (tertiary/aromatic N) is 1. The van der Waals surface area contributed by atoms with Crippen molar-refractivity contribution < 1.29 is 27.1 Å². The molecule has 0 aliphatic carbocycles. The van der Waals surface area contributed by atoms with Gasteiger partial charge in [-0.05, 0) is 12.1 Å². The van der Waals surface area contributed by atoms with E-state index in [1.165, 1.54) is 6.07 Å². The zero-order valence-corrected chi connectivity index (χ0v) is 8.43. The predicted octanol–water partition coefficient (Wildman–Crippen LogP) is 2.50. The molecule has 0 saturated carbocycles. The van der Waals surface area contributed by atoms with E-state index in [0.29, 0.717) is 6.07 Å².